The van der Waals surface area contributed by atoms with E-state index in [1.54, 1.807) is 11.3 Å². The summed E-state index contributed by atoms with van der Waals surface area (Å²) in [5, 5.41) is 1.09. The number of nitrogens with zero attached hydrogens (tertiary/aromatic N) is 1. The first-order valence-corrected chi connectivity index (χ1v) is 7.04. The fourth-order valence-corrected chi connectivity index (χ4v) is 2.95. The van der Waals surface area contributed by atoms with Crippen LogP contribution in [0, 0.1) is 6.92 Å². The van der Waals surface area contributed by atoms with E-state index in [2.05, 4.69) is 52.1 Å². The topological polar surface area (TPSA) is 12.9 Å². The lowest BCUT2D eigenvalue weighted by Crippen LogP contribution is -1.83. The van der Waals surface area contributed by atoms with Gasteiger partial charge >= 0.3 is 0 Å². The number of aromatic nitrogens is 1. The first-order chi connectivity index (χ1) is 7.70. The minimum atomic E-state index is 1.07. The zero-order valence-corrected chi connectivity index (χ0v) is 11.9. The molecule has 2 rings (SSSR count). The van der Waals surface area contributed by atoms with E-state index in [0.717, 1.165) is 20.9 Å². The van der Waals surface area contributed by atoms with E-state index in [1.807, 2.05) is 6.92 Å². The third kappa shape index (κ3) is 2.53. The minimum absolute atomic E-state index is 1.07. The number of rotatable bonds is 3. The third-order valence-corrected chi connectivity index (χ3v) is 4.53. The fourth-order valence-electron chi connectivity index (χ4n) is 1.60. The molecular formula is C13H14BrNS. The van der Waals surface area contributed by atoms with Crippen LogP contribution in [0.15, 0.2) is 28.1 Å². The Labute approximate surface area is 109 Å². The van der Waals surface area contributed by atoms with Gasteiger partial charge in [0.1, 0.15) is 5.01 Å². The Bertz CT molecular complexity index is 454. The van der Waals surface area contributed by atoms with Crippen LogP contribution in [0.5, 0.6) is 0 Å². The molecule has 0 aliphatic heterocycles. The van der Waals surface area contributed by atoms with Crippen LogP contribution in [-0.4, -0.2) is 4.98 Å². The van der Waals surface area contributed by atoms with Crippen LogP contribution < -0.4 is 0 Å². The van der Waals surface area contributed by atoms with E-state index in [1.165, 1.54) is 17.5 Å². The summed E-state index contributed by atoms with van der Waals surface area (Å²) in [6, 6.07) is 8.72. The Balaban J connectivity index is 2.27. The zero-order chi connectivity index (χ0) is 11.5. The summed E-state index contributed by atoms with van der Waals surface area (Å²) in [5.74, 6) is 0. The molecule has 0 bridgehead atoms. The highest BCUT2D eigenvalue weighted by Crippen LogP contribution is 2.31. The number of hydrogen-bond donors (Lipinski definition) is 0. The molecule has 0 spiro atoms. The van der Waals surface area contributed by atoms with E-state index in [-0.39, 0.29) is 0 Å². The van der Waals surface area contributed by atoms with Gasteiger partial charge in [-0.15, -0.1) is 11.3 Å². The Morgan fingerprint density at radius 1 is 1.25 bits per heavy atom. The van der Waals surface area contributed by atoms with Gasteiger partial charge < -0.3 is 0 Å². The molecule has 2 aromatic rings. The van der Waals surface area contributed by atoms with E-state index in [9.17, 15) is 0 Å². The van der Waals surface area contributed by atoms with E-state index in [4.69, 9.17) is 0 Å². The molecule has 16 heavy (non-hydrogen) atoms. The molecule has 0 saturated carbocycles. The second kappa shape index (κ2) is 5.11. The highest BCUT2D eigenvalue weighted by molar-refractivity contribution is 9.11. The van der Waals surface area contributed by atoms with Gasteiger partial charge in [0.25, 0.3) is 0 Å². The minimum Gasteiger partial charge on any atom is -0.240 e. The number of thiazole rings is 1. The molecule has 3 heteroatoms. The standard InChI is InChI=1S/C13H14BrNS/c1-3-4-10-5-7-11(8-6-10)13-15-9(2)12(14)16-13/h5-8H,3-4H2,1-2H3. The van der Waals surface area contributed by atoms with Crippen molar-refractivity contribution < 1.29 is 0 Å². The van der Waals surface area contributed by atoms with Crippen molar-refractivity contribution in [1.82, 2.24) is 4.98 Å². The van der Waals surface area contributed by atoms with Crippen LogP contribution >= 0.6 is 27.3 Å². The number of hydrogen-bond acceptors (Lipinski definition) is 2. The Morgan fingerprint density at radius 2 is 1.94 bits per heavy atom. The monoisotopic (exact) mass is 295 g/mol. The maximum absolute atomic E-state index is 4.53. The van der Waals surface area contributed by atoms with Gasteiger partial charge in [0, 0.05) is 5.56 Å². The predicted molar refractivity (Wildman–Crippen MR) is 74.0 cm³/mol. The van der Waals surface area contributed by atoms with Gasteiger partial charge in [-0.1, -0.05) is 37.6 Å². The molecule has 0 N–H and O–H groups in total. The molecule has 0 atom stereocenters. The molecule has 1 aromatic carbocycles. The van der Waals surface area contributed by atoms with Crippen molar-refractivity contribution in [1.29, 1.82) is 0 Å². The lowest BCUT2D eigenvalue weighted by molar-refractivity contribution is 0.922. The van der Waals surface area contributed by atoms with Crippen molar-refractivity contribution in [2.45, 2.75) is 26.7 Å². The van der Waals surface area contributed by atoms with Gasteiger partial charge in [0.2, 0.25) is 0 Å². The summed E-state index contributed by atoms with van der Waals surface area (Å²) >= 11 is 5.20. The van der Waals surface area contributed by atoms with Gasteiger partial charge in [-0.05, 0) is 34.8 Å². The van der Waals surface area contributed by atoms with E-state index >= 15 is 0 Å². The quantitative estimate of drug-likeness (QED) is 0.790. The van der Waals surface area contributed by atoms with Crippen molar-refractivity contribution >= 4 is 27.3 Å². The Hall–Kier alpha value is -0.670. The van der Waals surface area contributed by atoms with Crippen LogP contribution in [0.3, 0.4) is 0 Å². The van der Waals surface area contributed by atoms with Crippen molar-refractivity contribution in [2.24, 2.45) is 0 Å². The molecule has 0 fully saturated rings. The van der Waals surface area contributed by atoms with E-state index in [0.29, 0.717) is 0 Å². The van der Waals surface area contributed by atoms with Crippen LogP contribution in [0.25, 0.3) is 10.6 Å². The smallest absolute Gasteiger partial charge is 0.124 e. The summed E-state index contributed by atoms with van der Waals surface area (Å²) in [6.07, 6.45) is 2.35. The summed E-state index contributed by atoms with van der Waals surface area (Å²) in [7, 11) is 0. The van der Waals surface area contributed by atoms with Gasteiger partial charge in [0.05, 0.1) is 9.48 Å². The maximum atomic E-state index is 4.53. The highest BCUT2D eigenvalue weighted by atomic mass is 79.9. The number of halogens is 1. The van der Waals surface area contributed by atoms with Gasteiger partial charge in [0.15, 0.2) is 0 Å². The molecule has 1 nitrogen and oxygen atoms in total. The fraction of sp³-hybridized carbons (Fsp3) is 0.308. The highest BCUT2D eigenvalue weighted by Gasteiger charge is 2.06. The summed E-state index contributed by atoms with van der Waals surface area (Å²) in [5.41, 5.74) is 3.68. The first kappa shape index (κ1) is 11.8. The van der Waals surface area contributed by atoms with Gasteiger partial charge in [-0.3, -0.25) is 0 Å². The largest absolute Gasteiger partial charge is 0.240 e. The second-order valence-corrected chi connectivity index (χ2v) is 6.14. The Morgan fingerprint density at radius 3 is 2.44 bits per heavy atom. The normalized spacial score (nSPS) is 10.7. The number of aryl methyl sites for hydroxylation is 2. The van der Waals surface area contributed by atoms with Crippen molar-refractivity contribution in [3.05, 3.63) is 39.3 Å². The third-order valence-electron chi connectivity index (χ3n) is 2.48. The van der Waals surface area contributed by atoms with Gasteiger partial charge in [-0.2, -0.15) is 0 Å². The molecule has 1 heterocycles. The molecule has 0 amide bonds. The predicted octanol–water partition coefficient (Wildman–Crippen LogP) is 4.83. The molecule has 0 radical (unpaired) electrons. The van der Waals surface area contributed by atoms with Crippen LogP contribution in [0.4, 0.5) is 0 Å². The molecule has 0 aliphatic rings. The van der Waals surface area contributed by atoms with Crippen molar-refractivity contribution in [3.63, 3.8) is 0 Å². The molecule has 0 saturated heterocycles. The van der Waals surface area contributed by atoms with Crippen molar-refractivity contribution in [2.75, 3.05) is 0 Å². The molecule has 1 aromatic heterocycles. The lowest BCUT2D eigenvalue weighted by atomic mass is 10.1. The molecular weight excluding hydrogens is 282 g/mol. The van der Waals surface area contributed by atoms with E-state index < -0.39 is 0 Å². The van der Waals surface area contributed by atoms with Crippen LogP contribution in [0.1, 0.15) is 24.6 Å². The van der Waals surface area contributed by atoms with Crippen LogP contribution in [0.2, 0.25) is 0 Å². The average Bonchev–Trinajstić information content (AvgIpc) is 2.61. The summed E-state index contributed by atoms with van der Waals surface area (Å²) < 4.78 is 1.13. The van der Waals surface area contributed by atoms with Crippen molar-refractivity contribution in [3.8, 4) is 10.6 Å². The molecule has 0 aliphatic carbocycles. The summed E-state index contributed by atoms with van der Waals surface area (Å²) in [6.45, 7) is 4.23. The van der Waals surface area contributed by atoms with Gasteiger partial charge in [-0.25, -0.2) is 4.98 Å². The van der Waals surface area contributed by atoms with Crippen LogP contribution in [-0.2, 0) is 6.42 Å². The number of benzene rings is 1. The maximum Gasteiger partial charge on any atom is 0.124 e. The average molecular weight is 296 g/mol. The first-order valence-electron chi connectivity index (χ1n) is 5.43. The molecule has 84 valence electrons. The Kier molecular flexibility index (Phi) is 3.77. The molecule has 0 unspecified atom stereocenters. The second-order valence-electron chi connectivity index (χ2n) is 3.83. The SMILES string of the molecule is CCCc1ccc(-c2nc(C)c(Br)s2)cc1. The lowest BCUT2D eigenvalue weighted by Gasteiger charge is -2.00. The zero-order valence-electron chi connectivity index (χ0n) is 9.46. The summed E-state index contributed by atoms with van der Waals surface area (Å²) in [4.78, 5) is 4.53.